The van der Waals surface area contributed by atoms with Crippen LogP contribution in [0.4, 0.5) is 0 Å². The predicted octanol–water partition coefficient (Wildman–Crippen LogP) is 13.2. The Bertz CT molecular complexity index is 2880. The first-order chi connectivity index (χ1) is 28.6. The summed E-state index contributed by atoms with van der Waals surface area (Å²) in [6, 6.07) is 62.6. The Morgan fingerprint density at radius 2 is 0.793 bits per heavy atom. The Morgan fingerprint density at radius 3 is 1.24 bits per heavy atom. The molecule has 9 rings (SSSR count). The van der Waals surface area contributed by atoms with Gasteiger partial charge in [-0.15, -0.1) is 0 Å². The van der Waals surface area contributed by atoms with Crippen LogP contribution in [0.5, 0.6) is 0 Å². The van der Waals surface area contributed by atoms with E-state index >= 15 is 0 Å². The summed E-state index contributed by atoms with van der Waals surface area (Å²) in [5.41, 5.74) is 11.9. The molecule has 0 saturated carbocycles. The van der Waals surface area contributed by atoms with E-state index in [9.17, 15) is 0 Å². The lowest BCUT2D eigenvalue weighted by Gasteiger charge is -2.14. The quantitative estimate of drug-likeness (QED) is 0.131. The molecule has 0 N–H and O–H groups in total. The summed E-state index contributed by atoms with van der Waals surface area (Å²) in [5, 5.41) is 2.34. The number of nitrogens with zero attached hydrogens (tertiary/aromatic N) is 5. The van der Waals surface area contributed by atoms with Gasteiger partial charge in [0.15, 0.2) is 23.3 Å². The lowest BCUT2D eigenvalue weighted by atomic mass is 9.91. The number of benzene rings is 7. The maximum atomic E-state index is 5.05. The van der Waals surface area contributed by atoms with Gasteiger partial charge in [-0.05, 0) is 39.1 Å². The molecule has 2 aromatic heterocycles. The minimum atomic E-state index is 0.541. The minimum Gasteiger partial charge on any atom is -0.228 e. The van der Waals surface area contributed by atoms with Crippen LogP contribution in [0.3, 0.4) is 0 Å². The molecular weight excluding hydrogens is 707 g/mol. The summed E-state index contributed by atoms with van der Waals surface area (Å²) >= 11 is 0. The average Bonchev–Trinajstić information content (AvgIpc) is 3.31. The fourth-order valence-electron chi connectivity index (χ4n) is 7.22. The lowest BCUT2D eigenvalue weighted by molar-refractivity contribution is 1.04. The lowest BCUT2D eigenvalue weighted by Crippen LogP contribution is -2.02. The second kappa shape index (κ2) is 16.1. The first-order valence-electron chi connectivity index (χ1n) is 19.2. The van der Waals surface area contributed by atoms with Crippen LogP contribution in [0.25, 0.3) is 95.3 Å². The van der Waals surface area contributed by atoms with Crippen molar-refractivity contribution in [3.05, 3.63) is 219 Å². The third-order valence-corrected chi connectivity index (χ3v) is 10.1. The zero-order chi connectivity index (χ0) is 39.3. The van der Waals surface area contributed by atoms with Gasteiger partial charge in [0.1, 0.15) is 0 Å². The van der Waals surface area contributed by atoms with Crippen LogP contribution >= 0.6 is 0 Å². The number of hydrogen-bond acceptors (Lipinski definition) is 5. The second-order valence-corrected chi connectivity index (χ2v) is 13.8. The van der Waals surface area contributed by atoms with E-state index in [0.717, 1.165) is 72.4 Å². The SMILES string of the molecule is C=C/C=C(\C=C)c1nc(-c2ccccc2)nc(-c2ccc(-c3cccc4cccc(-c5ccc(-c6nc(-c7ccccc7)cc(-c7ccccc7)n6)cc5)c34)cc2)n1. The zero-order valence-electron chi connectivity index (χ0n) is 31.7. The molecule has 7 aromatic carbocycles. The normalized spacial score (nSPS) is 11.3. The van der Waals surface area contributed by atoms with Crippen LogP contribution in [0.15, 0.2) is 213 Å². The fourth-order valence-corrected chi connectivity index (χ4v) is 7.22. The van der Waals surface area contributed by atoms with E-state index in [1.54, 1.807) is 12.2 Å². The van der Waals surface area contributed by atoms with Gasteiger partial charge in [0.05, 0.1) is 11.4 Å². The van der Waals surface area contributed by atoms with Gasteiger partial charge in [-0.25, -0.2) is 24.9 Å². The first kappa shape index (κ1) is 35.8. The predicted molar refractivity (Wildman–Crippen MR) is 239 cm³/mol. The molecule has 0 aliphatic heterocycles. The van der Waals surface area contributed by atoms with Gasteiger partial charge in [0, 0.05) is 33.4 Å². The highest BCUT2D eigenvalue weighted by Gasteiger charge is 2.16. The van der Waals surface area contributed by atoms with Crippen molar-refractivity contribution >= 4 is 16.3 Å². The maximum absolute atomic E-state index is 5.05. The highest BCUT2D eigenvalue weighted by molar-refractivity contribution is 6.06. The molecule has 0 atom stereocenters. The second-order valence-electron chi connectivity index (χ2n) is 13.8. The standard InChI is InChI=1S/C53H37N5/c1-3-16-36(4-2)50-56-52(42-21-12-7-13-22-42)58-53(57-50)44-33-29-38(30-34-44)46-26-15-24-41-23-14-25-45(49(41)46)37-27-31-43(32-28-37)51-54-47(39-17-8-5-9-18-39)35-48(55-51)40-19-10-6-11-20-40/h3-35H,1-2H2/b36-16+. The van der Waals surface area contributed by atoms with E-state index in [0.29, 0.717) is 23.3 Å². The van der Waals surface area contributed by atoms with Crippen molar-refractivity contribution < 1.29 is 0 Å². The molecule has 0 aliphatic rings. The van der Waals surface area contributed by atoms with Crippen molar-refractivity contribution in [3.63, 3.8) is 0 Å². The summed E-state index contributed by atoms with van der Waals surface area (Å²) in [4.78, 5) is 24.7. The Balaban J connectivity index is 1.08. The van der Waals surface area contributed by atoms with Gasteiger partial charge in [-0.3, -0.25) is 0 Å². The van der Waals surface area contributed by atoms with Crippen LogP contribution in [0, 0.1) is 0 Å². The Hall–Kier alpha value is -7.89. The van der Waals surface area contributed by atoms with Crippen molar-refractivity contribution in [3.8, 4) is 78.9 Å². The van der Waals surface area contributed by atoms with Crippen molar-refractivity contribution in [2.24, 2.45) is 0 Å². The molecule has 58 heavy (non-hydrogen) atoms. The van der Waals surface area contributed by atoms with Gasteiger partial charge in [0.25, 0.3) is 0 Å². The molecule has 0 radical (unpaired) electrons. The van der Waals surface area contributed by atoms with E-state index in [-0.39, 0.29) is 0 Å². The molecule has 274 valence electrons. The zero-order valence-corrected chi connectivity index (χ0v) is 31.7. The van der Waals surface area contributed by atoms with E-state index in [1.165, 1.54) is 5.39 Å². The monoisotopic (exact) mass is 743 g/mol. The highest BCUT2D eigenvalue weighted by Crippen LogP contribution is 2.38. The third-order valence-electron chi connectivity index (χ3n) is 10.1. The number of allylic oxidation sites excluding steroid dienone is 4. The average molecular weight is 744 g/mol. The Labute approximate surface area is 338 Å². The largest absolute Gasteiger partial charge is 0.228 e. The molecule has 0 bridgehead atoms. The molecule has 0 saturated heterocycles. The molecule has 5 nitrogen and oxygen atoms in total. The van der Waals surface area contributed by atoms with Crippen molar-refractivity contribution in [1.29, 1.82) is 0 Å². The maximum Gasteiger partial charge on any atom is 0.164 e. The number of fused-ring (bicyclic) bond motifs is 1. The smallest absolute Gasteiger partial charge is 0.164 e. The van der Waals surface area contributed by atoms with Crippen LogP contribution in [-0.4, -0.2) is 24.9 Å². The molecule has 0 unspecified atom stereocenters. The molecule has 0 fully saturated rings. The molecule has 0 amide bonds. The van der Waals surface area contributed by atoms with Crippen molar-refractivity contribution in [1.82, 2.24) is 24.9 Å². The topological polar surface area (TPSA) is 64.5 Å². The Kier molecular flexibility index (Phi) is 9.91. The van der Waals surface area contributed by atoms with Crippen molar-refractivity contribution in [2.75, 3.05) is 0 Å². The fraction of sp³-hybridized carbons (Fsp3) is 0. The molecule has 0 aliphatic carbocycles. The summed E-state index contributed by atoms with van der Waals surface area (Å²) in [6.07, 6.45) is 5.31. The molecule has 5 heteroatoms. The van der Waals surface area contributed by atoms with Crippen LogP contribution in [0.2, 0.25) is 0 Å². The minimum absolute atomic E-state index is 0.541. The number of hydrogen-bond donors (Lipinski definition) is 0. The van der Waals surface area contributed by atoms with E-state index in [4.69, 9.17) is 24.9 Å². The van der Waals surface area contributed by atoms with Crippen LogP contribution in [-0.2, 0) is 0 Å². The molecule has 0 spiro atoms. The molecule has 9 aromatic rings. The van der Waals surface area contributed by atoms with Gasteiger partial charge >= 0.3 is 0 Å². The van der Waals surface area contributed by atoms with Gasteiger partial charge in [0.2, 0.25) is 0 Å². The van der Waals surface area contributed by atoms with Crippen LogP contribution in [0.1, 0.15) is 5.82 Å². The van der Waals surface area contributed by atoms with Crippen molar-refractivity contribution in [2.45, 2.75) is 0 Å². The van der Waals surface area contributed by atoms with Gasteiger partial charge in [-0.1, -0.05) is 207 Å². The third kappa shape index (κ3) is 7.28. The van der Waals surface area contributed by atoms with E-state index in [1.807, 2.05) is 72.8 Å². The first-order valence-corrected chi connectivity index (χ1v) is 19.2. The Morgan fingerprint density at radius 1 is 0.379 bits per heavy atom. The number of rotatable bonds is 10. The van der Waals surface area contributed by atoms with E-state index < -0.39 is 0 Å². The summed E-state index contributed by atoms with van der Waals surface area (Å²) < 4.78 is 0. The van der Waals surface area contributed by atoms with Gasteiger partial charge in [-0.2, -0.15) is 0 Å². The summed E-state index contributed by atoms with van der Waals surface area (Å²) in [5.74, 6) is 2.40. The summed E-state index contributed by atoms with van der Waals surface area (Å²) in [6.45, 7) is 7.84. The number of aromatic nitrogens is 5. The van der Waals surface area contributed by atoms with Gasteiger partial charge < -0.3 is 0 Å². The summed E-state index contributed by atoms with van der Waals surface area (Å²) in [7, 11) is 0. The highest BCUT2D eigenvalue weighted by atomic mass is 15.0. The molecule has 2 heterocycles. The van der Waals surface area contributed by atoms with Crippen LogP contribution < -0.4 is 0 Å². The molecular formula is C53H37N5. The van der Waals surface area contributed by atoms with E-state index in [2.05, 4.69) is 128 Å².